The van der Waals surface area contributed by atoms with E-state index in [4.69, 9.17) is 5.73 Å². The summed E-state index contributed by atoms with van der Waals surface area (Å²) in [6.45, 7) is 1.54. The van der Waals surface area contributed by atoms with Crippen LogP contribution >= 0.6 is 24.2 Å². The first-order valence-electron chi connectivity index (χ1n) is 6.49. The Labute approximate surface area is 124 Å². The lowest BCUT2D eigenvalue weighted by Crippen LogP contribution is -2.35. The smallest absolute Gasteiger partial charge is 0.240 e. The summed E-state index contributed by atoms with van der Waals surface area (Å²) in [5.41, 5.74) is 8.43. The van der Waals surface area contributed by atoms with E-state index in [1.807, 2.05) is 11.0 Å². The van der Waals surface area contributed by atoms with Gasteiger partial charge in [0.05, 0.1) is 0 Å². The van der Waals surface area contributed by atoms with Gasteiger partial charge in [-0.15, -0.1) is 24.2 Å². The summed E-state index contributed by atoms with van der Waals surface area (Å²) < 4.78 is 0. The Kier molecular flexibility index (Phi) is 4.76. The van der Waals surface area contributed by atoms with Crippen molar-refractivity contribution in [1.82, 2.24) is 4.90 Å². The lowest BCUT2D eigenvalue weighted by atomic mass is 10.0. The van der Waals surface area contributed by atoms with Crippen LogP contribution in [0.15, 0.2) is 24.3 Å². The molecule has 0 radical (unpaired) electrons. The van der Waals surface area contributed by atoms with Gasteiger partial charge in [0, 0.05) is 19.1 Å². The average molecular weight is 299 g/mol. The number of rotatable bonds is 1. The molecule has 0 spiro atoms. The number of benzene rings is 1. The number of amides is 1. The first-order chi connectivity index (χ1) is 8.75. The fourth-order valence-corrected chi connectivity index (χ4v) is 4.03. The molecule has 1 aromatic carbocycles. The van der Waals surface area contributed by atoms with Crippen molar-refractivity contribution in [3.8, 4) is 0 Å². The highest BCUT2D eigenvalue weighted by molar-refractivity contribution is 8.00. The number of hydrogen-bond acceptors (Lipinski definition) is 3. The molecule has 1 unspecified atom stereocenters. The maximum Gasteiger partial charge on any atom is 0.240 e. The van der Waals surface area contributed by atoms with Crippen molar-refractivity contribution in [3.05, 3.63) is 35.4 Å². The zero-order chi connectivity index (χ0) is 12.5. The number of nitrogens with two attached hydrogens (primary N) is 1. The number of halogens is 1. The first kappa shape index (κ1) is 14.7. The molecule has 0 aromatic heterocycles. The van der Waals surface area contributed by atoms with Crippen LogP contribution in [0.3, 0.4) is 0 Å². The van der Waals surface area contributed by atoms with Crippen molar-refractivity contribution in [2.24, 2.45) is 5.73 Å². The fraction of sp³-hybridized carbons (Fsp3) is 0.500. The van der Waals surface area contributed by atoms with Crippen molar-refractivity contribution in [2.45, 2.75) is 24.1 Å². The van der Waals surface area contributed by atoms with E-state index < -0.39 is 0 Å². The van der Waals surface area contributed by atoms with Gasteiger partial charge in [0.25, 0.3) is 0 Å². The van der Waals surface area contributed by atoms with Gasteiger partial charge in [-0.05, 0) is 29.7 Å². The summed E-state index contributed by atoms with van der Waals surface area (Å²) in [6, 6.07) is 8.49. The number of thioether (sulfide) groups is 1. The van der Waals surface area contributed by atoms with E-state index in [2.05, 4.69) is 18.2 Å². The zero-order valence-corrected chi connectivity index (χ0v) is 12.4. The molecule has 2 aliphatic rings. The molecule has 1 aromatic rings. The second kappa shape index (κ2) is 6.16. The Balaban J connectivity index is 0.00000133. The molecule has 2 aliphatic heterocycles. The monoisotopic (exact) mass is 298 g/mol. The molecule has 0 saturated carbocycles. The SMILES string of the molecule is Cl.N[C@H]1CCN(C(=O)C2SCCc3ccccc32)C1. The molecule has 0 aliphatic carbocycles. The van der Waals surface area contributed by atoms with Crippen LogP contribution in [0.4, 0.5) is 0 Å². The molecule has 3 nitrogen and oxygen atoms in total. The summed E-state index contributed by atoms with van der Waals surface area (Å²) in [6.07, 6.45) is 2.01. The second-order valence-corrected chi connectivity index (χ2v) is 6.25. The highest BCUT2D eigenvalue weighted by Crippen LogP contribution is 2.38. The third-order valence-corrected chi connectivity index (χ3v) is 4.98. The van der Waals surface area contributed by atoms with E-state index in [1.54, 1.807) is 11.8 Å². The Morgan fingerprint density at radius 3 is 2.89 bits per heavy atom. The standard InChI is InChI=1S/C14H18N2OS.ClH/c15-11-5-7-16(9-11)14(17)13-12-4-2-1-3-10(12)6-8-18-13;/h1-4,11,13H,5-9,15H2;1H/t11-,13?;/m0./s1. The van der Waals surface area contributed by atoms with Gasteiger partial charge in [-0.2, -0.15) is 0 Å². The highest BCUT2D eigenvalue weighted by Gasteiger charge is 2.33. The molecule has 1 saturated heterocycles. The number of hydrogen-bond donors (Lipinski definition) is 1. The normalized spacial score (nSPS) is 25.6. The van der Waals surface area contributed by atoms with E-state index in [9.17, 15) is 4.79 Å². The molecule has 5 heteroatoms. The van der Waals surface area contributed by atoms with Crippen LogP contribution in [-0.2, 0) is 11.2 Å². The molecular weight excluding hydrogens is 280 g/mol. The van der Waals surface area contributed by atoms with Crippen molar-refractivity contribution < 1.29 is 4.79 Å². The third kappa shape index (κ3) is 2.91. The summed E-state index contributed by atoms with van der Waals surface area (Å²) in [5, 5.41) is -0.0137. The average Bonchev–Trinajstić information content (AvgIpc) is 2.84. The minimum absolute atomic E-state index is 0. The maximum atomic E-state index is 12.6. The van der Waals surface area contributed by atoms with Crippen LogP contribution in [0.5, 0.6) is 0 Å². The van der Waals surface area contributed by atoms with Gasteiger partial charge in [0.15, 0.2) is 0 Å². The molecule has 1 amide bonds. The van der Waals surface area contributed by atoms with Gasteiger partial charge >= 0.3 is 0 Å². The van der Waals surface area contributed by atoms with Crippen molar-refractivity contribution in [1.29, 1.82) is 0 Å². The van der Waals surface area contributed by atoms with Crippen LogP contribution < -0.4 is 5.73 Å². The molecule has 2 atom stereocenters. The number of carbonyl (C=O) groups excluding carboxylic acids is 1. The fourth-order valence-electron chi connectivity index (χ4n) is 2.75. The van der Waals surface area contributed by atoms with Gasteiger partial charge in [-0.25, -0.2) is 0 Å². The molecule has 2 heterocycles. The summed E-state index contributed by atoms with van der Waals surface area (Å²) >= 11 is 1.77. The topological polar surface area (TPSA) is 46.3 Å². The molecule has 2 N–H and O–H groups in total. The third-order valence-electron chi connectivity index (χ3n) is 3.75. The minimum Gasteiger partial charge on any atom is -0.340 e. The van der Waals surface area contributed by atoms with Gasteiger partial charge in [0.1, 0.15) is 5.25 Å². The number of carbonyl (C=O) groups is 1. The predicted octanol–water partition coefficient (Wildman–Crippen LogP) is 2.00. The van der Waals surface area contributed by atoms with Gasteiger partial charge in [0.2, 0.25) is 5.91 Å². The van der Waals surface area contributed by atoms with Gasteiger partial charge in [-0.1, -0.05) is 24.3 Å². The highest BCUT2D eigenvalue weighted by atomic mass is 35.5. The molecular formula is C14H19ClN2OS. The number of fused-ring (bicyclic) bond motifs is 1. The maximum absolute atomic E-state index is 12.6. The lowest BCUT2D eigenvalue weighted by Gasteiger charge is -2.28. The summed E-state index contributed by atoms with van der Waals surface area (Å²) in [7, 11) is 0. The van der Waals surface area contributed by atoms with Crippen LogP contribution in [0.1, 0.15) is 22.8 Å². The lowest BCUT2D eigenvalue weighted by molar-refractivity contribution is -0.129. The van der Waals surface area contributed by atoms with Crippen LogP contribution in [0.25, 0.3) is 0 Å². The Morgan fingerprint density at radius 2 is 2.16 bits per heavy atom. The van der Waals surface area contributed by atoms with E-state index >= 15 is 0 Å². The van der Waals surface area contributed by atoms with Gasteiger partial charge in [-0.3, -0.25) is 4.79 Å². The van der Waals surface area contributed by atoms with Crippen LogP contribution in [0, 0.1) is 0 Å². The van der Waals surface area contributed by atoms with E-state index in [-0.39, 0.29) is 29.6 Å². The predicted molar refractivity (Wildman–Crippen MR) is 81.8 cm³/mol. The van der Waals surface area contributed by atoms with Crippen molar-refractivity contribution in [2.75, 3.05) is 18.8 Å². The summed E-state index contributed by atoms with van der Waals surface area (Å²) in [4.78, 5) is 14.5. The Bertz CT molecular complexity index is 469. The molecule has 0 bridgehead atoms. The number of likely N-dealkylation sites (tertiary alicyclic amines) is 1. The van der Waals surface area contributed by atoms with E-state index in [1.165, 1.54) is 11.1 Å². The van der Waals surface area contributed by atoms with Crippen molar-refractivity contribution >= 4 is 30.1 Å². The van der Waals surface area contributed by atoms with Crippen LogP contribution in [0.2, 0.25) is 0 Å². The Hall–Kier alpha value is -0.710. The molecule has 1 fully saturated rings. The second-order valence-electron chi connectivity index (χ2n) is 5.03. The minimum atomic E-state index is -0.0137. The van der Waals surface area contributed by atoms with Crippen LogP contribution in [-0.4, -0.2) is 35.7 Å². The largest absolute Gasteiger partial charge is 0.340 e. The molecule has 104 valence electrons. The van der Waals surface area contributed by atoms with Gasteiger partial charge < -0.3 is 10.6 Å². The molecule has 3 rings (SSSR count). The molecule has 19 heavy (non-hydrogen) atoms. The first-order valence-corrected chi connectivity index (χ1v) is 7.54. The Morgan fingerprint density at radius 1 is 1.37 bits per heavy atom. The summed E-state index contributed by atoms with van der Waals surface area (Å²) in [5.74, 6) is 1.29. The van der Waals surface area contributed by atoms with E-state index in [0.29, 0.717) is 0 Å². The quantitative estimate of drug-likeness (QED) is 0.862. The number of nitrogens with zero attached hydrogens (tertiary/aromatic N) is 1. The zero-order valence-electron chi connectivity index (χ0n) is 10.7. The number of aryl methyl sites for hydroxylation is 1. The van der Waals surface area contributed by atoms with Crippen molar-refractivity contribution in [3.63, 3.8) is 0 Å². The van der Waals surface area contributed by atoms with E-state index in [0.717, 1.165) is 31.7 Å².